The Hall–Kier alpha value is -0.340. The molecule has 0 atom stereocenters. The molecular formula is C7H13F3N2O2S. The molecule has 1 aliphatic rings. The molecule has 1 saturated heterocycles. The van der Waals surface area contributed by atoms with E-state index >= 15 is 0 Å². The Morgan fingerprint density at radius 3 is 2.27 bits per heavy atom. The molecule has 90 valence electrons. The maximum absolute atomic E-state index is 11.8. The van der Waals surface area contributed by atoms with Crippen LogP contribution in [0.2, 0.25) is 0 Å². The van der Waals surface area contributed by atoms with Gasteiger partial charge in [0.05, 0.1) is 5.25 Å². The quantitative estimate of drug-likeness (QED) is 0.749. The number of hydrogen-bond donors (Lipinski definition) is 2. The molecule has 0 spiro atoms. The highest BCUT2D eigenvalue weighted by Gasteiger charge is 2.33. The fourth-order valence-corrected chi connectivity index (χ4v) is 2.86. The van der Waals surface area contributed by atoms with Crippen LogP contribution >= 0.6 is 0 Å². The lowest BCUT2D eigenvalue weighted by Gasteiger charge is -2.23. The smallest absolute Gasteiger partial charge is 0.317 e. The van der Waals surface area contributed by atoms with Crippen LogP contribution in [-0.4, -0.2) is 39.5 Å². The van der Waals surface area contributed by atoms with Crippen LogP contribution in [-0.2, 0) is 10.0 Å². The molecule has 0 radical (unpaired) electrons. The maximum Gasteiger partial charge on any atom is 0.402 e. The zero-order valence-corrected chi connectivity index (χ0v) is 8.79. The molecule has 1 rings (SSSR count). The Labute approximate surface area is 86.3 Å². The Morgan fingerprint density at radius 2 is 1.80 bits per heavy atom. The average Bonchev–Trinajstić information content (AvgIpc) is 2.16. The van der Waals surface area contributed by atoms with Crippen LogP contribution in [0.4, 0.5) is 13.2 Å². The number of alkyl halides is 3. The Balaban J connectivity index is 2.51. The van der Waals surface area contributed by atoms with Crippen molar-refractivity contribution in [2.75, 3.05) is 19.6 Å². The average molecular weight is 246 g/mol. The molecule has 15 heavy (non-hydrogen) atoms. The summed E-state index contributed by atoms with van der Waals surface area (Å²) in [7, 11) is -3.83. The SMILES string of the molecule is O=S(=O)(NCC(F)(F)F)C1CCNCC1. The van der Waals surface area contributed by atoms with Crippen LogP contribution in [0.5, 0.6) is 0 Å². The molecule has 0 aromatic rings. The van der Waals surface area contributed by atoms with Gasteiger partial charge in [0, 0.05) is 0 Å². The first-order valence-electron chi connectivity index (χ1n) is 4.57. The van der Waals surface area contributed by atoms with Crippen molar-refractivity contribution in [1.82, 2.24) is 10.0 Å². The van der Waals surface area contributed by atoms with Gasteiger partial charge in [-0.15, -0.1) is 0 Å². The minimum absolute atomic E-state index is 0.354. The number of piperidine rings is 1. The van der Waals surface area contributed by atoms with Gasteiger partial charge in [-0.1, -0.05) is 0 Å². The van der Waals surface area contributed by atoms with Gasteiger partial charge >= 0.3 is 6.18 Å². The van der Waals surface area contributed by atoms with E-state index in [1.807, 2.05) is 0 Å². The fourth-order valence-electron chi connectivity index (χ4n) is 1.41. The van der Waals surface area contributed by atoms with Gasteiger partial charge in [0.15, 0.2) is 0 Å². The lowest BCUT2D eigenvalue weighted by molar-refractivity contribution is -0.121. The highest BCUT2D eigenvalue weighted by atomic mass is 32.2. The van der Waals surface area contributed by atoms with Gasteiger partial charge in [-0.05, 0) is 25.9 Å². The van der Waals surface area contributed by atoms with Gasteiger partial charge in [-0.2, -0.15) is 13.2 Å². The van der Waals surface area contributed by atoms with Crippen molar-refractivity contribution in [1.29, 1.82) is 0 Å². The minimum Gasteiger partial charge on any atom is -0.317 e. The molecule has 4 nitrogen and oxygen atoms in total. The molecule has 1 heterocycles. The molecule has 0 unspecified atom stereocenters. The van der Waals surface area contributed by atoms with E-state index in [2.05, 4.69) is 5.32 Å². The topological polar surface area (TPSA) is 58.2 Å². The Morgan fingerprint density at radius 1 is 1.27 bits per heavy atom. The normalized spacial score (nSPS) is 20.5. The van der Waals surface area contributed by atoms with Crippen LogP contribution in [0.25, 0.3) is 0 Å². The molecule has 0 aromatic heterocycles. The van der Waals surface area contributed by atoms with E-state index in [9.17, 15) is 21.6 Å². The summed E-state index contributed by atoms with van der Waals surface area (Å²) < 4.78 is 59.8. The third-order valence-corrected chi connectivity index (χ3v) is 4.09. The molecule has 0 aliphatic carbocycles. The molecule has 0 aromatic carbocycles. The van der Waals surface area contributed by atoms with Gasteiger partial charge in [0.25, 0.3) is 0 Å². The Kier molecular flexibility index (Phi) is 3.96. The van der Waals surface area contributed by atoms with E-state index < -0.39 is 28.0 Å². The third kappa shape index (κ3) is 4.35. The van der Waals surface area contributed by atoms with Crippen LogP contribution in [0.15, 0.2) is 0 Å². The minimum atomic E-state index is -4.50. The summed E-state index contributed by atoms with van der Waals surface area (Å²) in [5.74, 6) is 0. The lowest BCUT2D eigenvalue weighted by Crippen LogP contribution is -2.44. The summed E-state index contributed by atoms with van der Waals surface area (Å²) in [6.07, 6.45) is -3.79. The van der Waals surface area contributed by atoms with E-state index in [4.69, 9.17) is 0 Å². The number of nitrogens with one attached hydrogen (secondary N) is 2. The second-order valence-corrected chi connectivity index (χ2v) is 5.48. The molecule has 8 heteroatoms. The highest BCUT2D eigenvalue weighted by Crippen LogP contribution is 2.16. The van der Waals surface area contributed by atoms with E-state index in [-0.39, 0.29) is 0 Å². The highest BCUT2D eigenvalue weighted by molar-refractivity contribution is 7.90. The molecule has 0 bridgehead atoms. The zero-order valence-electron chi connectivity index (χ0n) is 7.97. The third-order valence-electron chi connectivity index (χ3n) is 2.20. The maximum atomic E-state index is 11.8. The predicted octanol–water partition coefficient (Wildman–Crippen LogP) is 0.220. The second-order valence-electron chi connectivity index (χ2n) is 3.43. The first-order valence-corrected chi connectivity index (χ1v) is 6.12. The number of halogens is 3. The zero-order chi connectivity index (χ0) is 11.5. The predicted molar refractivity (Wildman–Crippen MR) is 48.9 cm³/mol. The van der Waals surface area contributed by atoms with Gasteiger partial charge < -0.3 is 5.32 Å². The van der Waals surface area contributed by atoms with Gasteiger partial charge in [-0.3, -0.25) is 0 Å². The van der Waals surface area contributed by atoms with Crippen LogP contribution in [0.3, 0.4) is 0 Å². The number of hydrogen-bond acceptors (Lipinski definition) is 3. The van der Waals surface area contributed by atoms with Crippen molar-refractivity contribution in [3.63, 3.8) is 0 Å². The number of rotatable bonds is 3. The standard InChI is InChI=1S/C7H13F3N2O2S/c8-7(9,10)5-12-15(13,14)6-1-3-11-4-2-6/h6,11-12H,1-5H2. The number of sulfonamides is 1. The van der Waals surface area contributed by atoms with Gasteiger partial charge in [0.1, 0.15) is 6.54 Å². The largest absolute Gasteiger partial charge is 0.402 e. The summed E-state index contributed by atoms with van der Waals surface area (Å²) in [5.41, 5.74) is 0. The molecular weight excluding hydrogens is 233 g/mol. The van der Waals surface area contributed by atoms with E-state index in [0.29, 0.717) is 25.9 Å². The molecule has 0 amide bonds. The van der Waals surface area contributed by atoms with Gasteiger partial charge in [-0.25, -0.2) is 13.1 Å². The summed E-state index contributed by atoms with van der Waals surface area (Å²) in [5, 5.41) is 2.24. The summed E-state index contributed by atoms with van der Waals surface area (Å²) in [6, 6.07) is 0. The first kappa shape index (κ1) is 12.7. The van der Waals surface area contributed by atoms with Crippen LogP contribution in [0, 0.1) is 0 Å². The monoisotopic (exact) mass is 246 g/mol. The van der Waals surface area contributed by atoms with Crippen molar-refractivity contribution in [2.24, 2.45) is 0 Å². The summed E-state index contributed by atoms with van der Waals surface area (Å²) in [4.78, 5) is 0. The van der Waals surface area contributed by atoms with Crippen molar-refractivity contribution in [3.05, 3.63) is 0 Å². The van der Waals surface area contributed by atoms with Crippen molar-refractivity contribution >= 4 is 10.0 Å². The first-order chi connectivity index (χ1) is 6.81. The summed E-state index contributed by atoms with van der Waals surface area (Å²) in [6.45, 7) is -0.436. The van der Waals surface area contributed by atoms with Crippen molar-refractivity contribution < 1.29 is 21.6 Å². The van der Waals surface area contributed by atoms with Gasteiger partial charge in [0.2, 0.25) is 10.0 Å². The van der Waals surface area contributed by atoms with Crippen LogP contribution < -0.4 is 10.0 Å². The Bertz CT molecular complexity index is 296. The van der Waals surface area contributed by atoms with E-state index in [0.717, 1.165) is 0 Å². The molecule has 2 N–H and O–H groups in total. The summed E-state index contributed by atoms with van der Waals surface area (Å²) >= 11 is 0. The van der Waals surface area contributed by atoms with Crippen molar-refractivity contribution in [3.8, 4) is 0 Å². The van der Waals surface area contributed by atoms with Crippen molar-refractivity contribution in [2.45, 2.75) is 24.3 Å². The fraction of sp³-hybridized carbons (Fsp3) is 1.00. The van der Waals surface area contributed by atoms with E-state index in [1.165, 1.54) is 0 Å². The lowest BCUT2D eigenvalue weighted by atomic mass is 10.2. The van der Waals surface area contributed by atoms with Crippen LogP contribution in [0.1, 0.15) is 12.8 Å². The van der Waals surface area contributed by atoms with E-state index in [1.54, 1.807) is 4.72 Å². The molecule has 1 fully saturated rings. The second kappa shape index (κ2) is 4.67. The molecule has 0 saturated carbocycles. The molecule has 1 aliphatic heterocycles.